The third kappa shape index (κ3) is 18.1. The number of hydroxylamine groups is 1. The fourth-order valence-electron chi connectivity index (χ4n) is 1.34. The van der Waals surface area contributed by atoms with Crippen LogP contribution in [0.5, 0.6) is 0 Å². The molecule has 0 spiro atoms. The standard InChI is InChI=1S/C10H14N2O.2C5H2F6O2.Ni/c1-10(2,3)12(13)8-9-6-4-5-7-11-9;2*6-4(7,8)2(12)1-3(13)5(9,10)11;/h4-8H,1-3H3;2*1,12H;/b12-8-;2*2-1-;. The summed E-state index contributed by atoms with van der Waals surface area (Å²) in [5.41, 5.74) is 0.282. The molecule has 232 valence electrons. The molecule has 0 aliphatic carbocycles. The normalized spacial score (nSPS) is 13.6. The molecular weight excluding hydrogens is 635 g/mol. The number of allylic oxidation sites excluding steroid dienone is 4. The number of aromatic nitrogens is 1. The largest absolute Gasteiger partial charge is 0.623 e. The zero-order valence-corrected chi connectivity index (χ0v) is 20.9. The van der Waals surface area contributed by atoms with Gasteiger partial charge in [-0.15, -0.1) is 0 Å². The number of carbonyl (C=O) groups excluding carboxylic acids is 2. The Labute approximate surface area is 227 Å². The van der Waals surface area contributed by atoms with E-state index in [-0.39, 0.29) is 16.5 Å². The van der Waals surface area contributed by atoms with Crippen molar-refractivity contribution >= 4 is 17.8 Å². The van der Waals surface area contributed by atoms with Crippen molar-refractivity contribution in [2.45, 2.75) is 51.0 Å². The van der Waals surface area contributed by atoms with E-state index in [2.05, 4.69) is 4.98 Å². The summed E-state index contributed by atoms with van der Waals surface area (Å²) in [7, 11) is 0. The molecule has 0 aliphatic rings. The number of nitrogens with zero attached hydrogens (tertiary/aromatic N) is 2. The number of aliphatic hydroxyl groups is 2. The van der Waals surface area contributed by atoms with E-state index in [1.807, 2.05) is 32.9 Å². The summed E-state index contributed by atoms with van der Waals surface area (Å²) in [5, 5.41) is 27.3. The molecule has 1 aromatic heterocycles. The van der Waals surface area contributed by atoms with Gasteiger partial charge in [0.15, 0.2) is 5.54 Å². The predicted octanol–water partition coefficient (Wildman–Crippen LogP) is 6.05. The molecule has 0 atom stereocenters. The maximum Gasteiger partial charge on any atom is 0.454 e. The van der Waals surface area contributed by atoms with Crippen LogP contribution in [0.4, 0.5) is 52.7 Å². The van der Waals surface area contributed by atoms with Gasteiger partial charge in [-0.2, -0.15) is 52.7 Å². The van der Waals surface area contributed by atoms with Gasteiger partial charge in [0.25, 0.3) is 11.6 Å². The molecule has 0 unspecified atom stereocenters. The van der Waals surface area contributed by atoms with Crippen LogP contribution in [0.1, 0.15) is 26.5 Å². The number of rotatable bonds is 3. The first kappa shape index (κ1) is 41.2. The number of pyridine rings is 1. The molecule has 1 rings (SSSR count). The minimum absolute atomic E-state index is 0. The molecule has 1 aromatic rings. The number of aliphatic hydroxyl groups excluding tert-OH is 2. The van der Waals surface area contributed by atoms with Crippen LogP contribution in [-0.4, -0.2) is 68.0 Å². The Hall–Kier alpha value is -3.31. The van der Waals surface area contributed by atoms with Crippen LogP contribution in [0, 0.1) is 5.21 Å². The summed E-state index contributed by atoms with van der Waals surface area (Å²) < 4.78 is 137. The van der Waals surface area contributed by atoms with Gasteiger partial charge in [0.2, 0.25) is 17.7 Å². The average Bonchev–Trinajstić information content (AvgIpc) is 2.72. The zero-order chi connectivity index (χ0) is 31.6. The van der Waals surface area contributed by atoms with Crippen molar-refractivity contribution in [2.24, 2.45) is 0 Å². The number of hydrogen-bond acceptors (Lipinski definition) is 6. The molecule has 40 heavy (non-hydrogen) atoms. The van der Waals surface area contributed by atoms with Gasteiger partial charge >= 0.3 is 24.7 Å². The van der Waals surface area contributed by atoms with Gasteiger partial charge in [-0.1, -0.05) is 6.07 Å². The molecular formula is C20H18F12N2NiO5. The summed E-state index contributed by atoms with van der Waals surface area (Å²) in [6.07, 6.45) is -20.2. The second-order valence-corrected chi connectivity index (χ2v) is 7.66. The van der Waals surface area contributed by atoms with Crippen LogP contribution >= 0.6 is 0 Å². The van der Waals surface area contributed by atoms with E-state index in [4.69, 9.17) is 10.2 Å². The second kappa shape index (κ2) is 15.5. The van der Waals surface area contributed by atoms with E-state index in [1.165, 1.54) is 6.21 Å². The van der Waals surface area contributed by atoms with Gasteiger partial charge in [-0.3, -0.25) is 14.6 Å². The molecule has 0 aromatic carbocycles. The first-order valence-corrected chi connectivity index (χ1v) is 9.50. The van der Waals surface area contributed by atoms with Crippen LogP contribution < -0.4 is 0 Å². The van der Waals surface area contributed by atoms with Gasteiger partial charge in [0.05, 0.1) is 0 Å². The average molecular weight is 653 g/mol. The Morgan fingerprint density at radius 1 is 0.750 bits per heavy atom. The minimum atomic E-state index is -5.42. The van der Waals surface area contributed by atoms with Gasteiger partial charge in [-0.25, -0.2) is 4.74 Å². The number of ketones is 2. The van der Waals surface area contributed by atoms with Crippen molar-refractivity contribution in [1.29, 1.82) is 0 Å². The third-order valence-electron chi connectivity index (χ3n) is 3.27. The van der Waals surface area contributed by atoms with Crippen LogP contribution in [0.15, 0.2) is 48.1 Å². The SMILES string of the molecule is CC(C)(C)/[N+]([O-])=C/c1ccccn1.O=C(/C=C(\O)C(F)(F)F)C(F)(F)F.O=C(/C=C(\O)C(F)(F)F)C(F)(F)F.[Ni]. The molecule has 1 heterocycles. The third-order valence-corrected chi connectivity index (χ3v) is 3.27. The Morgan fingerprint density at radius 2 is 1.10 bits per heavy atom. The molecule has 0 saturated carbocycles. The van der Waals surface area contributed by atoms with Crippen LogP contribution in [0.3, 0.4) is 0 Å². The smallest absolute Gasteiger partial charge is 0.454 e. The van der Waals surface area contributed by atoms with Gasteiger partial charge < -0.3 is 15.4 Å². The molecule has 20 heteroatoms. The maximum atomic E-state index is 11.5. The van der Waals surface area contributed by atoms with Crippen molar-refractivity contribution in [2.75, 3.05) is 0 Å². The van der Waals surface area contributed by atoms with Crippen LogP contribution in [0.2, 0.25) is 0 Å². The minimum Gasteiger partial charge on any atom is -0.623 e. The molecule has 0 bridgehead atoms. The van der Waals surface area contributed by atoms with Crippen LogP contribution in [0.25, 0.3) is 0 Å². The van der Waals surface area contributed by atoms with Crippen LogP contribution in [-0.2, 0) is 26.1 Å². The van der Waals surface area contributed by atoms with Gasteiger partial charge in [0.1, 0.15) is 5.69 Å². The second-order valence-electron chi connectivity index (χ2n) is 7.66. The van der Waals surface area contributed by atoms with E-state index in [9.17, 15) is 67.5 Å². The van der Waals surface area contributed by atoms with Gasteiger partial charge in [-0.05, 0) is 12.1 Å². The van der Waals surface area contributed by atoms with Crippen molar-refractivity contribution in [3.63, 3.8) is 0 Å². The summed E-state index contributed by atoms with van der Waals surface area (Å²) in [5.74, 6) is -10.7. The zero-order valence-electron chi connectivity index (χ0n) is 19.9. The molecule has 7 nitrogen and oxygen atoms in total. The number of hydrogen-bond donors (Lipinski definition) is 2. The molecule has 2 N–H and O–H groups in total. The predicted molar refractivity (Wildman–Crippen MR) is 108 cm³/mol. The van der Waals surface area contributed by atoms with Crippen molar-refractivity contribution in [3.05, 3.63) is 59.0 Å². The number of alkyl halides is 12. The maximum absolute atomic E-state index is 11.5. The monoisotopic (exact) mass is 652 g/mol. The summed E-state index contributed by atoms with van der Waals surface area (Å²) in [6, 6.07) is 5.48. The molecule has 0 saturated heterocycles. The Bertz CT molecular complexity index is 1000. The number of carbonyl (C=O) groups is 2. The van der Waals surface area contributed by atoms with Gasteiger partial charge in [0, 0.05) is 55.6 Å². The fraction of sp³-hybridized carbons (Fsp3) is 0.400. The van der Waals surface area contributed by atoms with E-state index in [1.54, 1.807) is 12.3 Å². The Kier molecular flexibility index (Phi) is 15.9. The summed E-state index contributed by atoms with van der Waals surface area (Å²) in [4.78, 5) is 23.8. The fourth-order valence-corrected chi connectivity index (χ4v) is 1.34. The first-order chi connectivity index (χ1) is 17.1. The van der Waals surface area contributed by atoms with E-state index >= 15 is 0 Å². The molecule has 0 aliphatic heterocycles. The first-order valence-electron chi connectivity index (χ1n) is 9.50. The van der Waals surface area contributed by atoms with Crippen molar-refractivity contribution in [3.8, 4) is 0 Å². The quantitative estimate of drug-likeness (QED) is 0.0601. The molecule has 0 radical (unpaired) electrons. The Balaban J connectivity index is -0.000000507. The van der Waals surface area contributed by atoms with E-state index in [0.29, 0.717) is 5.69 Å². The number of halogens is 12. The van der Waals surface area contributed by atoms with E-state index in [0.717, 1.165) is 4.74 Å². The van der Waals surface area contributed by atoms with E-state index < -0.39 is 65.5 Å². The summed E-state index contributed by atoms with van der Waals surface area (Å²) >= 11 is 0. The van der Waals surface area contributed by atoms with Crippen molar-refractivity contribution in [1.82, 2.24) is 4.98 Å². The molecule has 0 fully saturated rings. The topological polar surface area (TPSA) is 114 Å². The van der Waals surface area contributed by atoms with Crippen molar-refractivity contribution < 1.29 is 93.7 Å². The summed E-state index contributed by atoms with van der Waals surface area (Å²) in [6.45, 7) is 5.58. The Morgan fingerprint density at radius 3 is 1.32 bits per heavy atom. The molecule has 0 amide bonds.